The molecule has 4 heteroatoms. The molecule has 0 aliphatic rings. The third kappa shape index (κ3) is 3.02. The minimum Gasteiger partial charge on any atom is -0.314 e. The number of aromatic nitrogens is 2. The molecule has 0 fully saturated rings. The first-order valence-corrected chi connectivity index (χ1v) is 5.82. The van der Waals surface area contributed by atoms with Gasteiger partial charge in [-0.15, -0.1) is 0 Å². The Labute approximate surface area is 106 Å². The Balaban J connectivity index is 2.40. The van der Waals surface area contributed by atoms with Crippen molar-refractivity contribution in [3.63, 3.8) is 0 Å². The van der Waals surface area contributed by atoms with E-state index in [0.29, 0.717) is 0 Å². The van der Waals surface area contributed by atoms with Gasteiger partial charge in [0.05, 0.1) is 5.69 Å². The van der Waals surface area contributed by atoms with E-state index in [1.807, 2.05) is 44.3 Å². The molecule has 0 unspecified atom stereocenters. The summed E-state index contributed by atoms with van der Waals surface area (Å²) in [7, 11) is 1.90. The zero-order valence-electron chi connectivity index (χ0n) is 9.87. The van der Waals surface area contributed by atoms with Crippen molar-refractivity contribution in [1.82, 2.24) is 15.3 Å². The highest BCUT2D eigenvalue weighted by Crippen LogP contribution is 2.18. The summed E-state index contributed by atoms with van der Waals surface area (Å²) < 4.78 is 0. The molecule has 3 nitrogen and oxygen atoms in total. The quantitative estimate of drug-likeness (QED) is 0.906. The molecule has 0 aliphatic carbocycles. The van der Waals surface area contributed by atoms with Crippen LogP contribution in [0.25, 0.3) is 11.4 Å². The zero-order chi connectivity index (χ0) is 12.3. The average Bonchev–Trinajstić information content (AvgIpc) is 2.29. The second kappa shape index (κ2) is 5.25. The normalized spacial score (nSPS) is 10.5. The first-order valence-electron chi connectivity index (χ1n) is 5.44. The summed E-state index contributed by atoms with van der Waals surface area (Å²) in [5, 5.41) is 3.81. The fourth-order valence-corrected chi connectivity index (χ4v) is 1.76. The lowest BCUT2D eigenvalue weighted by atomic mass is 10.2. The number of benzene rings is 1. The molecule has 0 spiro atoms. The van der Waals surface area contributed by atoms with Gasteiger partial charge in [0, 0.05) is 22.8 Å². The molecular weight excluding hydrogens is 234 g/mol. The number of nitrogens with one attached hydrogen (secondary N) is 1. The van der Waals surface area contributed by atoms with Crippen molar-refractivity contribution in [1.29, 1.82) is 0 Å². The Morgan fingerprint density at radius 2 is 1.88 bits per heavy atom. The highest BCUT2D eigenvalue weighted by Gasteiger charge is 2.04. The van der Waals surface area contributed by atoms with Crippen molar-refractivity contribution >= 4 is 11.6 Å². The Morgan fingerprint density at radius 3 is 2.53 bits per heavy atom. The minimum absolute atomic E-state index is 0.719. The number of hydrogen-bond donors (Lipinski definition) is 1. The predicted molar refractivity (Wildman–Crippen MR) is 70.0 cm³/mol. The fourth-order valence-electron chi connectivity index (χ4n) is 1.63. The third-order valence-corrected chi connectivity index (χ3v) is 2.62. The molecule has 0 atom stereocenters. The standard InChI is InChI=1S/C13H14ClN3/c1-9-7-12(8-15-2)17-13(16-9)10-3-5-11(14)6-4-10/h3-7,15H,8H2,1-2H3. The summed E-state index contributed by atoms with van der Waals surface area (Å²) in [5.41, 5.74) is 2.94. The van der Waals surface area contributed by atoms with E-state index in [4.69, 9.17) is 11.6 Å². The van der Waals surface area contributed by atoms with Crippen LogP contribution in [-0.2, 0) is 6.54 Å². The van der Waals surface area contributed by atoms with Gasteiger partial charge in [-0.25, -0.2) is 9.97 Å². The van der Waals surface area contributed by atoms with Crippen molar-refractivity contribution in [2.24, 2.45) is 0 Å². The van der Waals surface area contributed by atoms with E-state index in [9.17, 15) is 0 Å². The van der Waals surface area contributed by atoms with Gasteiger partial charge in [0.1, 0.15) is 0 Å². The van der Waals surface area contributed by atoms with Gasteiger partial charge in [0.25, 0.3) is 0 Å². The van der Waals surface area contributed by atoms with E-state index >= 15 is 0 Å². The number of aryl methyl sites for hydroxylation is 1. The predicted octanol–water partition coefficient (Wildman–Crippen LogP) is 2.82. The molecule has 1 N–H and O–H groups in total. The van der Waals surface area contributed by atoms with Gasteiger partial charge in [0.15, 0.2) is 5.82 Å². The topological polar surface area (TPSA) is 37.8 Å². The fraction of sp³-hybridized carbons (Fsp3) is 0.231. The molecule has 2 aromatic rings. The van der Waals surface area contributed by atoms with E-state index < -0.39 is 0 Å². The number of nitrogens with zero attached hydrogens (tertiary/aromatic N) is 2. The molecule has 0 radical (unpaired) electrons. The second-order valence-corrected chi connectivity index (χ2v) is 4.30. The molecule has 17 heavy (non-hydrogen) atoms. The Morgan fingerprint density at radius 1 is 1.18 bits per heavy atom. The molecule has 1 heterocycles. The Kier molecular flexibility index (Phi) is 3.71. The minimum atomic E-state index is 0.719. The van der Waals surface area contributed by atoms with Crippen molar-refractivity contribution < 1.29 is 0 Å². The summed E-state index contributed by atoms with van der Waals surface area (Å²) in [5.74, 6) is 0.743. The first kappa shape index (κ1) is 12.0. The number of hydrogen-bond acceptors (Lipinski definition) is 3. The van der Waals surface area contributed by atoms with Gasteiger partial charge in [-0.1, -0.05) is 11.6 Å². The van der Waals surface area contributed by atoms with Crippen molar-refractivity contribution in [3.8, 4) is 11.4 Å². The van der Waals surface area contributed by atoms with Crippen molar-refractivity contribution in [2.45, 2.75) is 13.5 Å². The highest BCUT2D eigenvalue weighted by molar-refractivity contribution is 6.30. The van der Waals surface area contributed by atoms with Crippen molar-refractivity contribution in [3.05, 3.63) is 46.7 Å². The molecule has 2 rings (SSSR count). The lowest BCUT2D eigenvalue weighted by molar-refractivity contribution is 0.785. The van der Waals surface area contributed by atoms with Crippen LogP contribution < -0.4 is 5.32 Å². The summed E-state index contributed by atoms with van der Waals surface area (Å²) in [6, 6.07) is 9.54. The second-order valence-electron chi connectivity index (χ2n) is 3.86. The maximum atomic E-state index is 5.86. The molecule has 0 amide bonds. The lowest BCUT2D eigenvalue weighted by Gasteiger charge is -2.05. The summed E-state index contributed by atoms with van der Waals surface area (Å²) in [6.07, 6.45) is 0. The SMILES string of the molecule is CNCc1cc(C)nc(-c2ccc(Cl)cc2)n1. The molecule has 1 aromatic heterocycles. The van der Waals surface area contributed by atoms with Crippen LogP contribution in [0.15, 0.2) is 30.3 Å². The molecule has 1 aromatic carbocycles. The highest BCUT2D eigenvalue weighted by atomic mass is 35.5. The molecule has 0 saturated heterocycles. The van der Waals surface area contributed by atoms with Crippen LogP contribution in [0.5, 0.6) is 0 Å². The van der Waals surface area contributed by atoms with Crippen LogP contribution in [-0.4, -0.2) is 17.0 Å². The first-order chi connectivity index (χ1) is 8.19. The van der Waals surface area contributed by atoms with Gasteiger partial charge in [-0.05, 0) is 44.3 Å². The van der Waals surface area contributed by atoms with E-state index in [1.54, 1.807) is 0 Å². The smallest absolute Gasteiger partial charge is 0.159 e. The van der Waals surface area contributed by atoms with Crippen LogP contribution in [0.2, 0.25) is 5.02 Å². The van der Waals surface area contributed by atoms with Gasteiger partial charge >= 0.3 is 0 Å². The molecule has 88 valence electrons. The van der Waals surface area contributed by atoms with Crippen LogP contribution in [0.1, 0.15) is 11.4 Å². The van der Waals surface area contributed by atoms with E-state index in [-0.39, 0.29) is 0 Å². The molecule has 0 saturated carbocycles. The number of rotatable bonds is 3. The Bertz CT molecular complexity index is 509. The number of halogens is 1. The average molecular weight is 248 g/mol. The van der Waals surface area contributed by atoms with Crippen LogP contribution in [0.3, 0.4) is 0 Å². The van der Waals surface area contributed by atoms with Gasteiger partial charge in [0.2, 0.25) is 0 Å². The van der Waals surface area contributed by atoms with E-state index in [0.717, 1.165) is 34.3 Å². The van der Waals surface area contributed by atoms with Crippen LogP contribution in [0, 0.1) is 6.92 Å². The lowest BCUT2D eigenvalue weighted by Crippen LogP contribution is -2.08. The maximum Gasteiger partial charge on any atom is 0.159 e. The zero-order valence-corrected chi connectivity index (χ0v) is 10.6. The molecular formula is C13H14ClN3. The monoisotopic (exact) mass is 247 g/mol. The molecule has 0 aliphatic heterocycles. The Hall–Kier alpha value is -1.45. The van der Waals surface area contributed by atoms with E-state index in [2.05, 4.69) is 15.3 Å². The van der Waals surface area contributed by atoms with E-state index in [1.165, 1.54) is 0 Å². The van der Waals surface area contributed by atoms with Gasteiger partial charge in [-0.2, -0.15) is 0 Å². The summed E-state index contributed by atoms with van der Waals surface area (Å²) >= 11 is 5.86. The van der Waals surface area contributed by atoms with Crippen LogP contribution >= 0.6 is 11.6 Å². The summed E-state index contributed by atoms with van der Waals surface area (Å²) in [6.45, 7) is 2.71. The van der Waals surface area contributed by atoms with Crippen molar-refractivity contribution in [2.75, 3.05) is 7.05 Å². The largest absolute Gasteiger partial charge is 0.314 e. The summed E-state index contributed by atoms with van der Waals surface area (Å²) in [4.78, 5) is 8.94. The maximum absolute atomic E-state index is 5.86. The van der Waals surface area contributed by atoms with Gasteiger partial charge < -0.3 is 5.32 Å². The molecule has 0 bridgehead atoms. The third-order valence-electron chi connectivity index (χ3n) is 2.37. The van der Waals surface area contributed by atoms with Crippen LogP contribution in [0.4, 0.5) is 0 Å². The van der Waals surface area contributed by atoms with Gasteiger partial charge in [-0.3, -0.25) is 0 Å².